The van der Waals surface area contributed by atoms with Crippen molar-refractivity contribution in [2.45, 2.75) is 6.54 Å². The normalized spacial score (nSPS) is 10.4. The van der Waals surface area contributed by atoms with Crippen LogP contribution in [0.25, 0.3) is 0 Å². The van der Waals surface area contributed by atoms with Crippen LogP contribution in [-0.2, 0) is 6.54 Å². The van der Waals surface area contributed by atoms with Gasteiger partial charge in [-0.2, -0.15) is 0 Å². The van der Waals surface area contributed by atoms with E-state index in [9.17, 15) is 0 Å². The molecule has 2 rings (SSSR count). The van der Waals surface area contributed by atoms with Crippen molar-refractivity contribution in [2.75, 3.05) is 24.3 Å². The Morgan fingerprint density at radius 3 is 2.50 bits per heavy atom. The molecule has 0 bridgehead atoms. The van der Waals surface area contributed by atoms with Crippen LogP contribution in [-0.4, -0.2) is 19.1 Å². The fourth-order valence-corrected chi connectivity index (χ4v) is 3.28. The summed E-state index contributed by atoms with van der Waals surface area (Å²) in [5.74, 6) is 0. The molecule has 106 valence electrons. The largest absolute Gasteiger partial charge is 0.378 e. The van der Waals surface area contributed by atoms with Gasteiger partial charge in [-0.1, -0.05) is 15.9 Å². The summed E-state index contributed by atoms with van der Waals surface area (Å²) in [5, 5.41) is 3.43. The Morgan fingerprint density at radius 2 is 1.85 bits per heavy atom. The Bertz CT molecular complexity index is 615. The van der Waals surface area contributed by atoms with Crippen molar-refractivity contribution in [3.8, 4) is 0 Å². The van der Waals surface area contributed by atoms with Gasteiger partial charge in [0.2, 0.25) is 0 Å². The number of nitrogens with one attached hydrogen (secondary N) is 1. The van der Waals surface area contributed by atoms with Crippen LogP contribution in [0, 0.1) is 0 Å². The monoisotopic (exact) mass is 461 g/mol. The molecule has 1 aromatic heterocycles. The number of nitrogens with zero attached hydrogens (tertiary/aromatic N) is 2. The number of pyridine rings is 1. The third-order valence-corrected chi connectivity index (χ3v) is 4.38. The van der Waals surface area contributed by atoms with Gasteiger partial charge in [-0.25, -0.2) is 0 Å². The van der Waals surface area contributed by atoms with Crippen molar-refractivity contribution in [3.63, 3.8) is 0 Å². The lowest BCUT2D eigenvalue weighted by Crippen LogP contribution is -2.12. The van der Waals surface area contributed by atoms with Crippen molar-refractivity contribution >= 4 is 59.2 Å². The molecule has 0 spiro atoms. The lowest BCUT2D eigenvalue weighted by Gasteiger charge is -2.19. The molecule has 1 heterocycles. The smallest absolute Gasteiger partial charge is 0.0737 e. The zero-order chi connectivity index (χ0) is 14.7. The maximum Gasteiger partial charge on any atom is 0.0737 e. The standard InChI is InChI=1S/C14H14Br3N3/c1-20(2)14-4-3-9(15)6-12(14)19-8-13-11(17)5-10(16)7-18-13/h3-7,19H,8H2,1-2H3. The number of halogens is 3. The molecule has 0 saturated heterocycles. The van der Waals surface area contributed by atoms with Crippen LogP contribution < -0.4 is 10.2 Å². The Kier molecular flexibility index (Phi) is 5.46. The minimum atomic E-state index is 0.658. The second kappa shape index (κ2) is 6.91. The average Bonchev–Trinajstić information content (AvgIpc) is 2.37. The van der Waals surface area contributed by atoms with Gasteiger partial charge in [0.1, 0.15) is 0 Å². The predicted molar refractivity (Wildman–Crippen MR) is 95.4 cm³/mol. The molecule has 6 heteroatoms. The van der Waals surface area contributed by atoms with E-state index >= 15 is 0 Å². The highest BCUT2D eigenvalue weighted by Crippen LogP contribution is 2.29. The maximum atomic E-state index is 4.41. The summed E-state index contributed by atoms with van der Waals surface area (Å²) in [4.78, 5) is 6.49. The quantitative estimate of drug-likeness (QED) is 0.688. The van der Waals surface area contributed by atoms with Crippen LogP contribution in [0.3, 0.4) is 0 Å². The fraction of sp³-hybridized carbons (Fsp3) is 0.214. The number of anilines is 2. The average molecular weight is 464 g/mol. The van der Waals surface area contributed by atoms with Crippen molar-refractivity contribution in [2.24, 2.45) is 0 Å². The first kappa shape index (κ1) is 15.8. The molecule has 1 aromatic carbocycles. The maximum absolute atomic E-state index is 4.41. The topological polar surface area (TPSA) is 28.2 Å². The van der Waals surface area contributed by atoms with Gasteiger partial charge in [0.15, 0.2) is 0 Å². The number of benzene rings is 1. The highest BCUT2D eigenvalue weighted by Gasteiger charge is 2.07. The first-order valence-electron chi connectivity index (χ1n) is 5.98. The van der Waals surface area contributed by atoms with Crippen molar-refractivity contribution in [3.05, 3.63) is 49.6 Å². The van der Waals surface area contributed by atoms with E-state index in [1.54, 1.807) is 6.20 Å². The van der Waals surface area contributed by atoms with Gasteiger partial charge in [-0.3, -0.25) is 4.98 Å². The molecule has 0 aliphatic heterocycles. The first-order valence-corrected chi connectivity index (χ1v) is 8.36. The Morgan fingerprint density at radius 1 is 1.10 bits per heavy atom. The van der Waals surface area contributed by atoms with Crippen LogP contribution in [0.1, 0.15) is 5.69 Å². The number of aromatic nitrogens is 1. The van der Waals surface area contributed by atoms with E-state index in [-0.39, 0.29) is 0 Å². The molecule has 0 fully saturated rings. The van der Waals surface area contributed by atoms with Gasteiger partial charge in [-0.15, -0.1) is 0 Å². The Balaban J connectivity index is 2.20. The second-order valence-electron chi connectivity index (χ2n) is 4.49. The van der Waals surface area contributed by atoms with Crippen molar-refractivity contribution in [1.82, 2.24) is 4.98 Å². The third-order valence-electron chi connectivity index (χ3n) is 2.77. The number of hydrogen-bond donors (Lipinski definition) is 1. The van der Waals surface area contributed by atoms with Crippen LogP contribution in [0.2, 0.25) is 0 Å². The SMILES string of the molecule is CN(C)c1ccc(Br)cc1NCc1ncc(Br)cc1Br. The minimum absolute atomic E-state index is 0.658. The zero-order valence-electron chi connectivity index (χ0n) is 11.1. The van der Waals surface area contributed by atoms with Gasteiger partial charge >= 0.3 is 0 Å². The van der Waals surface area contributed by atoms with E-state index in [0.29, 0.717) is 6.54 Å². The van der Waals surface area contributed by atoms with Crippen molar-refractivity contribution in [1.29, 1.82) is 0 Å². The summed E-state index contributed by atoms with van der Waals surface area (Å²) >= 11 is 10.4. The molecule has 1 N–H and O–H groups in total. The lowest BCUT2D eigenvalue weighted by atomic mass is 10.2. The molecular weight excluding hydrogens is 450 g/mol. The fourth-order valence-electron chi connectivity index (χ4n) is 1.79. The van der Waals surface area contributed by atoms with E-state index < -0.39 is 0 Å². The van der Waals surface area contributed by atoms with E-state index in [1.807, 2.05) is 26.2 Å². The van der Waals surface area contributed by atoms with E-state index in [4.69, 9.17) is 0 Å². The van der Waals surface area contributed by atoms with Gasteiger partial charge in [-0.05, 0) is 56.1 Å². The number of hydrogen-bond acceptors (Lipinski definition) is 3. The molecule has 0 saturated carbocycles. The summed E-state index contributed by atoms with van der Waals surface area (Å²) in [6.07, 6.45) is 1.80. The second-order valence-corrected chi connectivity index (χ2v) is 7.18. The van der Waals surface area contributed by atoms with Gasteiger partial charge in [0.05, 0.1) is 23.6 Å². The van der Waals surface area contributed by atoms with Gasteiger partial charge in [0.25, 0.3) is 0 Å². The Labute approximate surface area is 144 Å². The lowest BCUT2D eigenvalue weighted by molar-refractivity contribution is 1.02. The van der Waals surface area contributed by atoms with Crippen LogP contribution in [0.15, 0.2) is 43.9 Å². The first-order chi connectivity index (χ1) is 9.47. The van der Waals surface area contributed by atoms with Gasteiger partial charge < -0.3 is 10.2 Å². The van der Waals surface area contributed by atoms with Crippen LogP contribution in [0.4, 0.5) is 11.4 Å². The van der Waals surface area contributed by atoms with Crippen molar-refractivity contribution < 1.29 is 0 Å². The molecule has 0 atom stereocenters. The summed E-state index contributed by atoms with van der Waals surface area (Å²) in [6.45, 7) is 0.658. The third kappa shape index (κ3) is 3.96. The minimum Gasteiger partial charge on any atom is -0.378 e. The molecule has 2 aromatic rings. The highest BCUT2D eigenvalue weighted by atomic mass is 79.9. The van der Waals surface area contributed by atoms with Crippen LogP contribution >= 0.6 is 47.8 Å². The molecule has 0 amide bonds. The number of rotatable bonds is 4. The molecule has 20 heavy (non-hydrogen) atoms. The summed E-state index contributed by atoms with van der Waals surface area (Å²) in [7, 11) is 4.06. The van der Waals surface area contributed by atoms with E-state index in [1.165, 1.54) is 0 Å². The molecule has 0 radical (unpaired) electrons. The molecule has 0 aliphatic rings. The van der Waals surface area contributed by atoms with Gasteiger partial charge in [0, 0.05) is 33.7 Å². The summed E-state index contributed by atoms with van der Waals surface area (Å²) in [6, 6.07) is 8.19. The summed E-state index contributed by atoms with van der Waals surface area (Å²) in [5.41, 5.74) is 3.18. The van der Waals surface area contributed by atoms with E-state index in [0.717, 1.165) is 30.5 Å². The predicted octanol–water partition coefficient (Wildman–Crippen LogP) is 5.05. The molecule has 0 unspecified atom stereocenters. The van der Waals surface area contributed by atoms with Crippen LogP contribution in [0.5, 0.6) is 0 Å². The highest BCUT2D eigenvalue weighted by molar-refractivity contribution is 9.11. The molecular formula is C14H14Br3N3. The zero-order valence-corrected chi connectivity index (χ0v) is 15.9. The summed E-state index contributed by atoms with van der Waals surface area (Å²) < 4.78 is 3.00. The molecule has 0 aliphatic carbocycles. The van der Waals surface area contributed by atoms with E-state index in [2.05, 4.69) is 75.1 Å². The Hall–Kier alpha value is -0.590. The molecule has 3 nitrogen and oxygen atoms in total.